The quantitative estimate of drug-likeness (QED) is 0.187. The molecule has 7 aliphatic rings. The molecule has 1 saturated heterocycles. The predicted octanol–water partition coefficient (Wildman–Crippen LogP) is 7.87. The molecule has 0 radical (unpaired) electrons. The van der Waals surface area contributed by atoms with Crippen LogP contribution < -0.4 is 0 Å². The Bertz CT molecular complexity index is 2200. The number of piperazine rings is 1. The minimum atomic E-state index is -0.852. The van der Waals surface area contributed by atoms with Crippen LogP contribution in [0.5, 0.6) is 0 Å². The Balaban J connectivity index is 1.16. The van der Waals surface area contributed by atoms with E-state index in [1.54, 1.807) is 0 Å². The van der Waals surface area contributed by atoms with Gasteiger partial charge in [-0.25, -0.2) is 0 Å². The minimum Gasteiger partial charge on any atom is -0.392 e. The number of benzene rings is 1. The molecule has 1 aromatic carbocycles. The molecule has 0 bridgehead atoms. The maximum absolute atomic E-state index is 15.0. The van der Waals surface area contributed by atoms with Crippen LogP contribution in [0.2, 0.25) is 0 Å². The Morgan fingerprint density at radius 1 is 1.00 bits per heavy atom. The molecule has 300 valence electrons. The van der Waals surface area contributed by atoms with E-state index in [4.69, 9.17) is 4.74 Å². The van der Waals surface area contributed by atoms with Crippen molar-refractivity contribution >= 4 is 28.2 Å². The molecular formula is C48H63N3O5. The highest BCUT2D eigenvalue weighted by Gasteiger charge is 2.68. The van der Waals surface area contributed by atoms with Crippen LogP contribution in [0.25, 0.3) is 16.5 Å². The van der Waals surface area contributed by atoms with Crippen molar-refractivity contribution in [2.45, 2.75) is 129 Å². The van der Waals surface area contributed by atoms with Crippen molar-refractivity contribution in [3.8, 4) is 0 Å². The van der Waals surface area contributed by atoms with Gasteiger partial charge in [0.1, 0.15) is 6.04 Å². The fourth-order valence-electron chi connectivity index (χ4n) is 13.8. The molecule has 2 aromatic rings. The molecule has 4 aliphatic carbocycles. The number of allylic oxidation sites excluding steroid dienone is 3. The average Bonchev–Trinajstić information content (AvgIpc) is 3.79. The van der Waals surface area contributed by atoms with E-state index in [1.165, 1.54) is 11.3 Å². The third-order valence-electron chi connectivity index (χ3n) is 16.5. The largest absolute Gasteiger partial charge is 0.392 e. The number of aromatic nitrogens is 1. The summed E-state index contributed by atoms with van der Waals surface area (Å²) < 4.78 is 8.93. The third kappa shape index (κ3) is 4.85. The number of Topliss-reactive ketones (excluding diaryl/α,β-unsaturated/α-hetero) is 1. The van der Waals surface area contributed by atoms with Crippen molar-refractivity contribution in [1.29, 1.82) is 0 Å². The summed E-state index contributed by atoms with van der Waals surface area (Å²) in [6.07, 6.45) is 11.6. The van der Waals surface area contributed by atoms with Crippen LogP contribution in [0, 0.1) is 28.6 Å². The summed E-state index contributed by atoms with van der Waals surface area (Å²) in [6, 6.07) is 1.79. The Morgan fingerprint density at radius 3 is 2.38 bits per heavy atom. The van der Waals surface area contributed by atoms with Crippen LogP contribution in [0.1, 0.15) is 133 Å². The van der Waals surface area contributed by atoms with Gasteiger partial charge in [-0.2, -0.15) is 0 Å². The average molecular weight is 762 g/mol. The molecule has 2 N–H and O–H groups in total. The fraction of sp³-hybridized carbons (Fsp3) is 0.625. The number of amides is 1. The molecule has 2 unspecified atom stereocenters. The molecular weight excluding hydrogens is 699 g/mol. The third-order valence-corrected chi connectivity index (χ3v) is 16.5. The van der Waals surface area contributed by atoms with Crippen LogP contribution in [0.3, 0.4) is 0 Å². The molecule has 1 amide bonds. The fourth-order valence-corrected chi connectivity index (χ4v) is 13.8. The van der Waals surface area contributed by atoms with Crippen molar-refractivity contribution in [1.82, 2.24) is 14.4 Å². The highest BCUT2D eigenvalue weighted by Crippen LogP contribution is 2.71. The highest BCUT2D eigenvalue weighted by molar-refractivity contribution is 6.18. The maximum atomic E-state index is 15.0. The van der Waals surface area contributed by atoms with Gasteiger partial charge < -0.3 is 29.3 Å². The van der Waals surface area contributed by atoms with E-state index in [9.17, 15) is 19.8 Å². The van der Waals surface area contributed by atoms with Gasteiger partial charge in [0.2, 0.25) is 5.91 Å². The van der Waals surface area contributed by atoms with Crippen LogP contribution in [0.4, 0.5) is 0 Å². The van der Waals surface area contributed by atoms with Crippen LogP contribution in [-0.2, 0) is 21.4 Å². The molecule has 8 heteroatoms. The van der Waals surface area contributed by atoms with Crippen molar-refractivity contribution in [2.24, 2.45) is 28.6 Å². The minimum absolute atomic E-state index is 0.0399. The molecule has 0 spiro atoms. The van der Waals surface area contributed by atoms with E-state index in [1.807, 2.05) is 30.9 Å². The lowest BCUT2D eigenvalue weighted by molar-refractivity contribution is -0.144. The van der Waals surface area contributed by atoms with Gasteiger partial charge in [-0.1, -0.05) is 51.2 Å². The lowest BCUT2D eigenvalue weighted by atomic mass is 9.40. The van der Waals surface area contributed by atoms with E-state index in [0.29, 0.717) is 17.9 Å². The van der Waals surface area contributed by atoms with E-state index in [0.717, 1.165) is 90.6 Å². The smallest absolute Gasteiger partial charge is 0.249 e. The Hall–Kier alpha value is -3.30. The summed E-state index contributed by atoms with van der Waals surface area (Å²) in [5, 5.41) is 25.3. The summed E-state index contributed by atoms with van der Waals surface area (Å²) in [5.74, 6) is 0.430. The number of carbonyl (C=O) groups excluding carboxylic acids is 2. The number of aliphatic hydroxyl groups excluding tert-OH is 2. The summed E-state index contributed by atoms with van der Waals surface area (Å²) in [5.41, 5.74) is 6.57. The summed E-state index contributed by atoms with van der Waals surface area (Å²) in [7, 11) is 2.09. The first-order chi connectivity index (χ1) is 26.2. The van der Waals surface area contributed by atoms with Gasteiger partial charge in [-0.3, -0.25) is 9.59 Å². The first kappa shape index (κ1) is 38.2. The Labute approximate surface area is 333 Å². The van der Waals surface area contributed by atoms with Gasteiger partial charge in [0.05, 0.1) is 34.5 Å². The second-order valence-corrected chi connectivity index (χ2v) is 20.6. The molecule has 9 atom stereocenters. The molecule has 8 nitrogen and oxygen atoms in total. The Kier molecular flexibility index (Phi) is 8.28. The van der Waals surface area contributed by atoms with Crippen molar-refractivity contribution in [3.05, 3.63) is 76.0 Å². The van der Waals surface area contributed by atoms with Crippen LogP contribution in [0.15, 0.2) is 48.1 Å². The van der Waals surface area contributed by atoms with Gasteiger partial charge in [-0.15, -0.1) is 0 Å². The number of nitrogens with zero attached hydrogens (tertiary/aromatic N) is 3. The summed E-state index contributed by atoms with van der Waals surface area (Å²) >= 11 is 0. The molecule has 56 heavy (non-hydrogen) atoms. The van der Waals surface area contributed by atoms with Crippen molar-refractivity contribution < 1.29 is 24.5 Å². The van der Waals surface area contributed by atoms with Gasteiger partial charge in [0, 0.05) is 65.1 Å². The zero-order valence-corrected chi connectivity index (χ0v) is 35.4. The molecule has 2 saturated carbocycles. The van der Waals surface area contributed by atoms with Gasteiger partial charge in [0.15, 0.2) is 5.78 Å². The predicted molar refractivity (Wildman–Crippen MR) is 221 cm³/mol. The Morgan fingerprint density at radius 2 is 1.70 bits per heavy atom. The van der Waals surface area contributed by atoms with Crippen molar-refractivity contribution in [2.75, 3.05) is 33.2 Å². The topological polar surface area (TPSA) is 95.2 Å². The van der Waals surface area contributed by atoms with Crippen molar-refractivity contribution in [3.63, 3.8) is 0 Å². The molecule has 3 fully saturated rings. The molecule has 4 heterocycles. The first-order valence-corrected chi connectivity index (χ1v) is 21.2. The van der Waals surface area contributed by atoms with Gasteiger partial charge in [-0.05, 0) is 127 Å². The number of fused-ring (bicyclic) bond motifs is 11. The number of hydrogen-bond acceptors (Lipinski definition) is 6. The molecule has 3 aliphatic heterocycles. The summed E-state index contributed by atoms with van der Waals surface area (Å²) in [4.78, 5) is 32.5. The number of ketones is 1. The van der Waals surface area contributed by atoms with Crippen LogP contribution >= 0.6 is 0 Å². The van der Waals surface area contributed by atoms with E-state index < -0.39 is 34.9 Å². The number of aliphatic hydroxyl groups is 2. The zero-order chi connectivity index (χ0) is 40.2. The second-order valence-electron chi connectivity index (χ2n) is 20.6. The first-order valence-electron chi connectivity index (χ1n) is 21.2. The van der Waals surface area contributed by atoms with Crippen LogP contribution in [-0.4, -0.2) is 86.8 Å². The van der Waals surface area contributed by atoms with Gasteiger partial charge >= 0.3 is 0 Å². The van der Waals surface area contributed by atoms with E-state index >= 15 is 0 Å². The number of likely N-dealkylation sites (N-methyl/N-ethyl adjacent to an activating group) is 1. The highest BCUT2D eigenvalue weighted by atomic mass is 16.5. The lowest BCUT2D eigenvalue weighted by Gasteiger charge is -2.64. The summed E-state index contributed by atoms with van der Waals surface area (Å²) in [6.45, 7) is 27.0. The SMILES string of the molecule is C=C(C)[C@H]1C(=O)c2c3c(cc4c5c(n1c24)[C@@]1(C)C(CC[C@H]2[C@](C)(/C=C/C=C(\C)C(=O)N4CCN(C)CC4)[C@@H](O)CC[C@@]21C)C5)C1=CC(C)(C)OC(C)(C)C1[C@@H]3O. The van der Waals surface area contributed by atoms with E-state index in [2.05, 4.69) is 89.8 Å². The normalized spacial score (nSPS) is 38.4. The van der Waals surface area contributed by atoms with E-state index in [-0.39, 0.29) is 34.4 Å². The zero-order valence-electron chi connectivity index (χ0n) is 35.4. The molecule has 1 aromatic heterocycles. The molecule has 9 rings (SSSR count). The second kappa shape index (κ2) is 12.1. The number of ether oxygens (including phenoxy) is 1. The maximum Gasteiger partial charge on any atom is 0.249 e. The number of rotatable bonds is 4. The lowest BCUT2D eigenvalue weighted by Crippen LogP contribution is -2.62. The standard InChI is InChI=1S/C48H63N3O5/c1-26(2)38-41(54)36-35-29(32-25-44(4,5)56-45(6,7)37(32)40(35)53)24-30-31-23-28-14-15-33-46(8,17-12-13-27(3)43(55)50-21-19-49(11)20-22-50)34(52)16-18-47(33,9)48(28,10)42(31)51(38)39(30)36/h12-13,17,24-25,28,33-34,37-38,40,52-53H,1,14-16,18-23H2,2-11H3/b17-12+,27-13+/t28?,33-,34-,37?,38-,40+,46-,47-,48+/m0/s1. The van der Waals surface area contributed by atoms with Gasteiger partial charge in [0.25, 0.3) is 0 Å². The number of hydrogen-bond donors (Lipinski definition) is 2. The monoisotopic (exact) mass is 761 g/mol. The number of carbonyl (C=O) groups is 2.